The van der Waals surface area contributed by atoms with E-state index in [4.69, 9.17) is 4.74 Å². The summed E-state index contributed by atoms with van der Waals surface area (Å²) < 4.78 is 5.33. The maximum atomic E-state index is 9.54. The maximum Gasteiger partial charge on any atom is 0.225 e. The quantitative estimate of drug-likeness (QED) is 0.573. The van der Waals surface area contributed by atoms with E-state index in [0.29, 0.717) is 12.6 Å². The van der Waals surface area contributed by atoms with Gasteiger partial charge in [0.25, 0.3) is 0 Å². The fraction of sp³-hybridized carbons (Fsp3) is 0.700. The van der Waals surface area contributed by atoms with Crippen LogP contribution in [0.5, 0.6) is 0 Å². The topological polar surface area (TPSA) is 65.9 Å². The van der Waals surface area contributed by atoms with Gasteiger partial charge in [-0.15, -0.1) is 0 Å². The molecule has 0 radical (unpaired) electrons. The third kappa shape index (κ3) is 5.51. The van der Waals surface area contributed by atoms with E-state index in [2.05, 4.69) is 15.6 Å². The highest BCUT2D eigenvalue weighted by atomic mass is 16.5. The zero-order chi connectivity index (χ0) is 11.1. The number of hydrogen-bond acceptors (Lipinski definition) is 5. The Bertz CT molecular complexity index is 229. The number of aliphatic hydroxyl groups is 1. The van der Waals surface area contributed by atoms with Crippen molar-refractivity contribution in [1.29, 1.82) is 0 Å². The van der Waals surface area contributed by atoms with Crippen LogP contribution in [0.3, 0.4) is 0 Å². The lowest BCUT2D eigenvalue weighted by Gasteiger charge is -2.19. The molecule has 2 unspecified atom stereocenters. The molecular weight excluding hydrogens is 194 g/mol. The Morgan fingerprint density at radius 3 is 3.00 bits per heavy atom. The van der Waals surface area contributed by atoms with Crippen molar-refractivity contribution in [2.45, 2.75) is 32.3 Å². The highest BCUT2D eigenvalue weighted by molar-refractivity contribution is 5.71. The van der Waals surface area contributed by atoms with E-state index in [1.165, 1.54) is 0 Å². The normalized spacial score (nSPS) is 21.7. The van der Waals surface area contributed by atoms with Crippen LogP contribution in [0.1, 0.15) is 13.8 Å². The third-order valence-corrected chi connectivity index (χ3v) is 1.85. The Morgan fingerprint density at radius 2 is 2.40 bits per heavy atom. The van der Waals surface area contributed by atoms with Gasteiger partial charge in [0.2, 0.25) is 6.35 Å². The number of nitrogens with one attached hydrogen (secondary N) is 2. The van der Waals surface area contributed by atoms with Crippen molar-refractivity contribution >= 4 is 6.21 Å². The second kappa shape index (κ2) is 6.55. The van der Waals surface area contributed by atoms with Crippen LogP contribution in [0.2, 0.25) is 0 Å². The van der Waals surface area contributed by atoms with Crippen molar-refractivity contribution < 1.29 is 9.84 Å². The minimum Gasteiger partial charge on any atom is -0.389 e. The average Bonchev–Trinajstić information content (AvgIpc) is 2.25. The second-order valence-corrected chi connectivity index (χ2v) is 3.73. The highest BCUT2D eigenvalue weighted by Crippen LogP contribution is 1.95. The third-order valence-electron chi connectivity index (χ3n) is 1.85. The van der Waals surface area contributed by atoms with Gasteiger partial charge in [-0.2, -0.15) is 0 Å². The van der Waals surface area contributed by atoms with Gasteiger partial charge in [0, 0.05) is 25.0 Å². The van der Waals surface area contributed by atoms with Gasteiger partial charge < -0.3 is 20.5 Å². The van der Waals surface area contributed by atoms with E-state index in [-0.39, 0.29) is 13.0 Å². The summed E-state index contributed by atoms with van der Waals surface area (Å²) in [6, 6.07) is 0.369. The maximum absolute atomic E-state index is 9.54. The summed E-state index contributed by atoms with van der Waals surface area (Å²) in [5.41, 5.74) is 0. The molecule has 1 heterocycles. The molecule has 86 valence electrons. The number of allylic oxidation sites excluding steroid dienone is 1. The van der Waals surface area contributed by atoms with Crippen LogP contribution >= 0.6 is 0 Å². The molecule has 5 heteroatoms. The van der Waals surface area contributed by atoms with E-state index in [0.717, 1.165) is 0 Å². The molecule has 1 rings (SSSR count). The van der Waals surface area contributed by atoms with E-state index in [9.17, 15) is 5.11 Å². The first-order valence-corrected chi connectivity index (χ1v) is 5.16. The average molecular weight is 213 g/mol. The minimum absolute atomic E-state index is 0.266. The Kier molecular flexibility index (Phi) is 5.31. The van der Waals surface area contributed by atoms with E-state index < -0.39 is 6.10 Å². The minimum atomic E-state index is -0.504. The van der Waals surface area contributed by atoms with Crippen molar-refractivity contribution in [2.24, 2.45) is 4.99 Å². The molecule has 0 aromatic heterocycles. The Balaban J connectivity index is 2.08. The molecule has 0 saturated carbocycles. The lowest BCUT2D eigenvalue weighted by molar-refractivity contribution is -0.0141. The standard InChI is InChI=1S/C10H19N3O2/c1-8(2)13-6-9(14)7-15-10-11-4-3-5-12-10/h3-5,8-11,13-14H,6-7H2,1-2H3. The van der Waals surface area contributed by atoms with Gasteiger partial charge in [-0.3, -0.25) is 0 Å². The zero-order valence-corrected chi connectivity index (χ0v) is 9.18. The van der Waals surface area contributed by atoms with Crippen molar-refractivity contribution in [3.8, 4) is 0 Å². The Labute approximate surface area is 90.2 Å². The van der Waals surface area contributed by atoms with Crippen molar-refractivity contribution in [2.75, 3.05) is 13.2 Å². The lowest BCUT2D eigenvalue weighted by Crippen LogP contribution is -2.37. The van der Waals surface area contributed by atoms with Crippen LogP contribution in [0.4, 0.5) is 0 Å². The fourth-order valence-corrected chi connectivity index (χ4v) is 1.08. The van der Waals surface area contributed by atoms with Gasteiger partial charge in [-0.05, 0) is 6.08 Å². The van der Waals surface area contributed by atoms with Gasteiger partial charge in [0.05, 0.1) is 12.7 Å². The van der Waals surface area contributed by atoms with Crippen LogP contribution in [0.15, 0.2) is 17.3 Å². The number of aliphatic hydroxyl groups excluding tert-OH is 1. The largest absolute Gasteiger partial charge is 0.389 e. The molecular formula is C10H19N3O2. The van der Waals surface area contributed by atoms with Crippen LogP contribution in [0, 0.1) is 0 Å². The molecule has 0 aromatic rings. The van der Waals surface area contributed by atoms with Gasteiger partial charge in [0.1, 0.15) is 0 Å². The molecule has 3 N–H and O–H groups in total. The molecule has 0 bridgehead atoms. The summed E-state index contributed by atoms with van der Waals surface area (Å²) in [6.07, 6.45) is 4.34. The van der Waals surface area contributed by atoms with Crippen LogP contribution in [-0.4, -0.2) is 43.0 Å². The summed E-state index contributed by atoms with van der Waals surface area (Å²) >= 11 is 0. The first-order chi connectivity index (χ1) is 7.18. The molecule has 15 heavy (non-hydrogen) atoms. The number of nitrogens with zero attached hydrogens (tertiary/aromatic N) is 1. The van der Waals surface area contributed by atoms with E-state index in [1.807, 2.05) is 13.8 Å². The predicted octanol–water partition coefficient (Wildman–Crippen LogP) is -0.167. The molecule has 0 spiro atoms. The summed E-state index contributed by atoms with van der Waals surface area (Å²) in [7, 11) is 0. The Morgan fingerprint density at radius 1 is 1.60 bits per heavy atom. The molecule has 0 aliphatic carbocycles. The summed E-state index contributed by atoms with van der Waals surface area (Å²) in [4.78, 5) is 4.02. The summed E-state index contributed by atoms with van der Waals surface area (Å²) in [5, 5.41) is 15.6. The number of hydrogen-bond donors (Lipinski definition) is 3. The van der Waals surface area contributed by atoms with Gasteiger partial charge in [0.15, 0.2) is 0 Å². The van der Waals surface area contributed by atoms with Crippen LogP contribution in [0.25, 0.3) is 0 Å². The van der Waals surface area contributed by atoms with Gasteiger partial charge in [-0.25, -0.2) is 4.99 Å². The monoisotopic (exact) mass is 213 g/mol. The molecule has 2 atom stereocenters. The van der Waals surface area contributed by atoms with E-state index in [1.54, 1.807) is 18.5 Å². The smallest absolute Gasteiger partial charge is 0.225 e. The molecule has 1 aliphatic heterocycles. The predicted molar refractivity (Wildman–Crippen MR) is 59.7 cm³/mol. The zero-order valence-electron chi connectivity index (χ0n) is 9.18. The number of rotatable bonds is 6. The lowest BCUT2D eigenvalue weighted by atomic mass is 10.3. The molecule has 0 fully saturated rings. The molecule has 0 amide bonds. The van der Waals surface area contributed by atoms with Crippen molar-refractivity contribution in [3.63, 3.8) is 0 Å². The van der Waals surface area contributed by atoms with Crippen LogP contribution in [-0.2, 0) is 4.74 Å². The summed E-state index contributed by atoms with van der Waals surface area (Å²) in [6.45, 7) is 4.86. The molecule has 1 aliphatic rings. The SMILES string of the molecule is CC(C)NCC(O)COC1N=CC=CN1. The summed E-state index contributed by atoms with van der Waals surface area (Å²) in [5.74, 6) is 0. The fourth-order valence-electron chi connectivity index (χ4n) is 1.08. The van der Waals surface area contributed by atoms with Gasteiger partial charge in [-0.1, -0.05) is 13.8 Å². The van der Waals surface area contributed by atoms with Crippen molar-refractivity contribution in [3.05, 3.63) is 12.3 Å². The molecule has 0 aromatic carbocycles. The van der Waals surface area contributed by atoms with Crippen molar-refractivity contribution in [1.82, 2.24) is 10.6 Å². The second-order valence-electron chi connectivity index (χ2n) is 3.73. The number of ether oxygens (including phenoxy) is 1. The van der Waals surface area contributed by atoms with E-state index >= 15 is 0 Å². The highest BCUT2D eigenvalue weighted by Gasteiger charge is 2.10. The first kappa shape index (κ1) is 12.2. The number of aliphatic imine (C=N–C) groups is 1. The first-order valence-electron chi connectivity index (χ1n) is 5.16. The van der Waals surface area contributed by atoms with Crippen LogP contribution < -0.4 is 10.6 Å². The molecule has 0 saturated heterocycles. The van der Waals surface area contributed by atoms with Gasteiger partial charge >= 0.3 is 0 Å². The molecule has 5 nitrogen and oxygen atoms in total. The Hall–Kier alpha value is -0.910.